The van der Waals surface area contributed by atoms with Crippen LogP contribution in [0.4, 0.5) is 8.78 Å². The van der Waals surface area contributed by atoms with E-state index in [1.807, 2.05) is 20.8 Å². The number of rotatable bonds is 3. The first-order valence-corrected chi connectivity index (χ1v) is 5.66. The number of carbonyl (C=O) groups is 1. The summed E-state index contributed by atoms with van der Waals surface area (Å²) in [6, 6.07) is 3.59. The van der Waals surface area contributed by atoms with Gasteiger partial charge in [-0.25, -0.2) is 8.78 Å². The minimum atomic E-state index is -1.11. The Balaban J connectivity index is 3.18. The molecule has 1 amide bonds. The predicted molar refractivity (Wildman–Crippen MR) is 67.3 cm³/mol. The van der Waals surface area contributed by atoms with Gasteiger partial charge in [0, 0.05) is 12.1 Å². The third kappa shape index (κ3) is 2.94. The summed E-state index contributed by atoms with van der Waals surface area (Å²) in [6.45, 7) is 9.32. The maximum absolute atomic E-state index is 13.6. The lowest BCUT2D eigenvalue weighted by molar-refractivity contribution is 0.0610. The molecular weight excluding hydrogens is 236 g/mol. The zero-order chi connectivity index (χ0) is 13.9. The molecule has 0 N–H and O–H groups in total. The Morgan fingerprint density at radius 1 is 1.39 bits per heavy atom. The molecule has 1 rings (SSSR count). The molecule has 0 unspecified atom stereocenters. The number of amides is 1. The zero-order valence-corrected chi connectivity index (χ0v) is 10.8. The van der Waals surface area contributed by atoms with Crippen LogP contribution in [0, 0.1) is 11.6 Å². The van der Waals surface area contributed by atoms with Crippen molar-refractivity contribution in [1.82, 2.24) is 4.90 Å². The van der Waals surface area contributed by atoms with Crippen molar-refractivity contribution in [3.63, 3.8) is 0 Å². The molecule has 0 spiro atoms. The minimum absolute atomic E-state index is 0.258. The maximum atomic E-state index is 13.6. The maximum Gasteiger partial charge on any atom is 0.257 e. The molecule has 0 aliphatic carbocycles. The molecule has 0 atom stereocenters. The van der Waals surface area contributed by atoms with Gasteiger partial charge in [-0.2, -0.15) is 0 Å². The van der Waals surface area contributed by atoms with Gasteiger partial charge in [0.25, 0.3) is 5.91 Å². The van der Waals surface area contributed by atoms with E-state index in [0.717, 1.165) is 6.07 Å². The van der Waals surface area contributed by atoms with Crippen LogP contribution in [0.5, 0.6) is 0 Å². The van der Waals surface area contributed by atoms with Crippen LogP contribution in [0.3, 0.4) is 0 Å². The highest BCUT2D eigenvalue weighted by Gasteiger charge is 2.28. The van der Waals surface area contributed by atoms with Crippen molar-refractivity contribution in [2.45, 2.75) is 26.3 Å². The molecule has 2 nitrogen and oxygen atoms in total. The van der Waals surface area contributed by atoms with Gasteiger partial charge < -0.3 is 4.90 Å². The molecule has 4 heteroatoms. The van der Waals surface area contributed by atoms with E-state index in [0.29, 0.717) is 0 Å². The molecule has 0 saturated heterocycles. The largest absolute Gasteiger partial charge is 0.330 e. The molecule has 0 aromatic heterocycles. The first-order chi connectivity index (χ1) is 8.29. The van der Waals surface area contributed by atoms with Gasteiger partial charge in [-0.05, 0) is 32.9 Å². The highest BCUT2D eigenvalue weighted by Crippen LogP contribution is 2.20. The Kier molecular flexibility index (Phi) is 4.22. The van der Waals surface area contributed by atoms with Crippen LogP contribution in [-0.4, -0.2) is 22.9 Å². The molecule has 0 heterocycles. The monoisotopic (exact) mass is 253 g/mol. The Morgan fingerprint density at radius 2 is 2.00 bits per heavy atom. The summed E-state index contributed by atoms with van der Waals surface area (Å²) < 4.78 is 26.7. The van der Waals surface area contributed by atoms with E-state index < -0.39 is 23.1 Å². The summed E-state index contributed by atoms with van der Waals surface area (Å²) in [5.41, 5.74) is -0.754. The molecule has 0 aliphatic heterocycles. The van der Waals surface area contributed by atoms with Crippen molar-refractivity contribution < 1.29 is 13.6 Å². The van der Waals surface area contributed by atoms with Gasteiger partial charge in [0.05, 0.1) is 5.56 Å². The van der Waals surface area contributed by atoms with Crippen molar-refractivity contribution in [2.75, 3.05) is 6.54 Å². The van der Waals surface area contributed by atoms with Crippen molar-refractivity contribution in [2.24, 2.45) is 0 Å². The quantitative estimate of drug-likeness (QED) is 0.756. The highest BCUT2D eigenvalue weighted by atomic mass is 19.2. The SMILES string of the molecule is C=CCN(C(=O)c1cccc(F)c1F)C(C)(C)C. The zero-order valence-electron chi connectivity index (χ0n) is 10.8. The third-order valence-electron chi connectivity index (χ3n) is 2.55. The summed E-state index contributed by atoms with van der Waals surface area (Å²) >= 11 is 0. The summed E-state index contributed by atoms with van der Waals surface area (Å²) in [6.07, 6.45) is 1.56. The van der Waals surface area contributed by atoms with Gasteiger partial charge in [0.1, 0.15) is 0 Å². The lowest BCUT2D eigenvalue weighted by Gasteiger charge is -2.35. The number of benzene rings is 1. The van der Waals surface area contributed by atoms with Gasteiger partial charge in [0.2, 0.25) is 0 Å². The lowest BCUT2D eigenvalue weighted by atomic mass is 10.0. The van der Waals surface area contributed by atoms with E-state index in [4.69, 9.17) is 0 Å². The summed E-state index contributed by atoms with van der Waals surface area (Å²) in [5, 5.41) is 0. The standard InChI is InChI=1S/C14H17F2NO/c1-5-9-17(14(2,3)4)13(18)10-7-6-8-11(15)12(10)16/h5-8H,1,9H2,2-4H3. The van der Waals surface area contributed by atoms with Crippen molar-refractivity contribution in [3.05, 3.63) is 48.1 Å². The van der Waals surface area contributed by atoms with Gasteiger partial charge in [-0.3, -0.25) is 4.79 Å². The Hall–Kier alpha value is -1.71. The Labute approximate surface area is 106 Å². The minimum Gasteiger partial charge on any atom is -0.330 e. The number of hydrogen-bond donors (Lipinski definition) is 0. The fourth-order valence-electron chi connectivity index (χ4n) is 1.60. The molecule has 0 radical (unpaired) electrons. The van der Waals surface area contributed by atoms with E-state index in [1.54, 1.807) is 6.08 Å². The topological polar surface area (TPSA) is 20.3 Å². The van der Waals surface area contributed by atoms with Crippen LogP contribution in [0.2, 0.25) is 0 Å². The highest BCUT2D eigenvalue weighted by molar-refractivity contribution is 5.95. The van der Waals surface area contributed by atoms with E-state index >= 15 is 0 Å². The summed E-state index contributed by atoms with van der Waals surface area (Å²) in [7, 11) is 0. The molecule has 1 aromatic carbocycles. The average molecular weight is 253 g/mol. The van der Waals surface area contributed by atoms with E-state index in [-0.39, 0.29) is 12.1 Å². The molecule has 0 bridgehead atoms. The first kappa shape index (κ1) is 14.4. The smallest absolute Gasteiger partial charge is 0.257 e. The number of carbonyl (C=O) groups excluding carboxylic acids is 1. The first-order valence-electron chi connectivity index (χ1n) is 5.66. The Morgan fingerprint density at radius 3 is 2.50 bits per heavy atom. The molecule has 18 heavy (non-hydrogen) atoms. The fraction of sp³-hybridized carbons (Fsp3) is 0.357. The summed E-state index contributed by atoms with van der Waals surface area (Å²) in [5.74, 6) is -2.67. The van der Waals surface area contributed by atoms with Gasteiger partial charge in [-0.1, -0.05) is 12.1 Å². The van der Waals surface area contributed by atoms with Gasteiger partial charge in [0.15, 0.2) is 11.6 Å². The predicted octanol–water partition coefficient (Wildman–Crippen LogP) is 3.39. The van der Waals surface area contributed by atoms with Crippen LogP contribution < -0.4 is 0 Å². The average Bonchev–Trinajstić information content (AvgIpc) is 2.27. The summed E-state index contributed by atoms with van der Waals surface area (Å²) in [4.78, 5) is 13.7. The van der Waals surface area contributed by atoms with Crippen molar-refractivity contribution in [3.8, 4) is 0 Å². The third-order valence-corrected chi connectivity index (χ3v) is 2.55. The van der Waals surface area contributed by atoms with Crippen LogP contribution in [0.25, 0.3) is 0 Å². The second-order valence-corrected chi connectivity index (χ2v) is 4.98. The van der Waals surface area contributed by atoms with E-state index in [9.17, 15) is 13.6 Å². The van der Waals surface area contributed by atoms with Crippen molar-refractivity contribution >= 4 is 5.91 Å². The molecule has 0 aliphatic rings. The van der Waals surface area contributed by atoms with Gasteiger partial charge in [-0.15, -0.1) is 6.58 Å². The van der Waals surface area contributed by atoms with Crippen LogP contribution in [-0.2, 0) is 0 Å². The molecule has 0 saturated carbocycles. The fourth-order valence-corrected chi connectivity index (χ4v) is 1.60. The lowest BCUT2D eigenvalue weighted by Crippen LogP contribution is -2.46. The van der Waals surface area contributed by atoms with Crippen LogP contribution in [0.15, 0.2) is 30.9 Å². The number of hydrogen-bond acceptors (Lipinski definition) is 1. The van der Waals surface area contributed by atoms with Crippen LogP contribution in [0.1, 0.15) is 31.1 Å². The van der Waals surface area contributed by atoms with E-state index in [1.165, 1.54) is 17.0 Å². The normalized spacial score (nSPS) is 11.2. The molecule has 98 valence electrons. The second-order valence-electron chi connectivity index (χ2n) is 4.98. The number of nitrogens with zero attached hydrogens (tertiary/aromatic N) is 1. The Bertz CT molecular complexity index is 463. The molecule has 1 aromatic rings. The molecule has 0 fully saturated rings. The van der Waals surface area contributed by atoms with Crippen molar-refractivity contribution in [1.29, 1.82) is 0 Å². The van der Waals surface area contributed by atoms with E-state index in [2.05, 4.69) is 6.58 Å². The van der Waals surface area contributed by atoms with Crippen LogP contribution >= 0.6 is 0 Å². The number of halogens is 2. The molecular formula is C14H17F2NO. The second kappa shape index (κ2) is 5.29. The van der Waals surface area contributed by atoms with Gasteiger partial charge >= 0.3 is 0 Å².